The Morgan fingerprint density at radius 1 is 1.03 bits per heavy atom. The lowest BCUT2D eigenvalue weighted by molar-refractivity contribution is -0.132. The van der Waals surface area contributed by atoms with Crippen molar-refractivity contribution in [2.75, 3.05) is 26.8 Å². The van der Waals surface area contributed by atoms with Gasteiger partial charge in [0.05, 0.1) is 18.1 Å². The highest BCUT2D eigenvalue weighted by atomic mass is 32.2. The summed E-state index contributed by atoms with van der Waals surface area (Å²) in [6.45, 7) is 6.24. The van der Waals surface area contributed by atoms with E-state index in [9.17, 15) is 13.2 Å². The molecule has 0 bridgehead atoms. The van der Waals surface area contributed by atoms with Crippen molar-refractivity contribution in [1.82, 2.24) is 9.62 Å². The lowest BCUT2D eigenvalue weighted by Gasteiger charge is -2.30. The molecule has 0 spiro atoms. The van der Waals surface area contributed by atoms with E-state index in [0.29, 0.717) is 44.9 Å². The van der Waals surface area contributed by atoms with Crippen molar-refractivity contribution in [2.45, 2.75) is 44.6 Å². The van der Waals surface area contributed by atoms with E-state index in [1.807, 2.05) is 30.9 Å². The summed E-state index contributed by atoms with van der Waals surface area (Å²) >= 11 is 0. The molecule has 1 heterocycles. The first-order chi connectivity index (χ1) is 14.9. The van der Waals surface area contributed by atoms with Crippen molar-refractivity contribution >= 4 is 15.9 Å². The van der Waals surface area contributed by atoms with Gasteiger partial charge in [-0.25, -0.2) is 13.1 Å². The fourth-order valence-electron chi connectivity index (χ4n) is 3.68. The summed E-state index contributed by atoms with van der Waals surface area (Å²) in [6.07, 6.45) is 1.72. The average molecular weight is 447 g/mol. The SMILES string of the molecule is CCOc1cc2c(cc1OCC)CN(C(=O)CCc1ccc(S(=O)(=O)NC)cc1)CC2. The topological polar surface area (TPSA) is 84.9 Å². The predicted octanol–water partition coefficient (Wildman–Crippen LogP) is 2.91. The highest BCUT2D eigenvalue weighted by molar-refractivity contribution is 7.89. The molecule has 0 atom stereocenters. The maximum absolute atomic E-state index is 12.8. The molecular weight excluding hydrogens is 416 g/mol. The molecule has 0 fully saturated rings. The van der Waals surface area contributed by atoms with Crippen LogP contribution in [-0.4, -0.2) is 46.0 Å². The summed E-state index contributed by atoms with van der Waals surface area (Å²) in [6, 6.07) is 10.7. The zero-order valence-corrected chi connectivity index (χ0v) is 19.1. The van der Waals surface area contributed by atoms with E-state index in [1.54, 1.807) is 24.3 Å². The first-order valence-electron chi connectivity index (χ1n) is 10.6. The van der Waals surface area contributed by atoms with Crippen molar-refractivity contribution in [3.05, 3.63) is 53.1 Å². The molecule has 8 heteroatoms. The number of carbonyl (C=O) groups is 1. The fourth-order valence-corrected chi connectivity index (χ4v) is 4.41. The molecule has 1 aliphatic heterocycles. The van der Waals surface area contributed by atoms with Gasteiger partial charge < -0.3 is 14.4 Å². The molecule has 3 rings (SSSR count). The number of sulfonamides is 1. The summed E-state index contributed by atoms with van der Waals surface area (Å²) < 4.78 is 37.4. The number of fused-ring (bicyclic) bond motifs is 1. The number of amides is 1. The molecule has 1 aliphatic rings. The number of nitrogens with zero attached hydrogens (tertiary/aromatic N) is 1. The standard InChI is InChI=1S/C23H30N2O5S/c1-4-29-21-14-18-12-13-25(16-19(18)15-22(21)30-5-2)23(26)11-8-17-6-9-20(10-7-17)31(27,28)24-3/h6-7,9-10,14-15,24H,4-5,8,11-13,16H2,1-3H3. The molecule has 168 valence electrons. The molecule has 0 saturated carbocycles. The average Bonchev–Trinajstić information content (AvgIpc) is 2.78. The Morgan fingerprint density at radius 2 is 1.65 bits per heavy atom. The third-order valence-electron chi connectivity index (χ3n) is 5.36. The van der Waals surface area contributed by atoms with Crippen LogP contribution in [-0.2, 0) is 34.2 Å². The number of carbonyl (C=O) groups excluding carboxylic acids is 1. The highest BCUT2D eigenvalue weighted by Gasteiger charge is 2.23. The van der Waals surface area contributed by atoms with Gasteiger partial charge in [-0.05, 0) is 74.7 Å². The van der Waals surface area contributed by atoms with Crippen LogP contribution in [0.1, 0.15) is 37.0 Å². The van der Waals surface area contributed by atoms with Crippen LogP contribution >= 0.6 is 0 Å². The molecule has 0 saturated heterocycles. The Kier molecular flexibility index (Phi) is 7.56. The Morgan fingerprint density at radius 3 is 2.23 bits per heavy atom. The molecule has 0 unspecified atom stereocenters. The van der Waals surface area contributed by atoms with E-state index in [2.05, 4.69) is 4.72 Å². The molecule has 31 heavy (non-hydrogen) atoms. The monoisotopic (exact) mass is 446 g/mol. The second kappa shape index (κ2) is 10.2. The molecule has 0 aliphatic carbocycles. The zero-order valence-electron chi connectivity index (χ0n) is 18.3. The molecule has 2 aromatic carbocycles. The van der Waals surface area contributed by atoms with Gasteiger partial charge in [-0.2, -0.15) is 0 Å². The second-order valence-corrected chi connectivity index (χ2v) is 9.24. The van der Waals surface area contributed by atoms with Gasteiger partial charge in [-0.15, -0.1) is 0 Å². The van der Waals surface area contributed by atoms with Gasteiger partial charge in [0, 0.05) is 19.5 Å². The number of nitrogens with one attached hydrogen (secondary N) is 1. The van der Waals surface area contributed by atoms with E-state index < -0.39 is 10.0 Å². The molecule has 0 aromatic heterocycles. The minimum atomic E-state index is -3.45. The van der Waals surface area contributed by atoms with E-state index in [0.717, 1.165) is 23.3 Å². The van der Waals surface area contributed by atoms with Crippen molar-refractivity contribution in [1.29, 1.82) is 0 Å². The highest BCUT2D eigenvalue weighted by Crippen LogP contribution is 2.34. The maximum atomic E-state index is 12.8. The quantitative estimate of drug-likeness (QED) is 0.640. The Labute approximate surface area is 184 Å². The van der Waals surface area contributed by atoms with Crippen LogP contribution in [0, 0.1) is 0 Å². The minimum Gasteiger partial charge on any atom is -0.490 e. The van der Waals surface area contributed by atoms with E-state index in [-0.39, 0.29) is 10.8 Å². The van der Waals surface area contributed by atoms with Gasteiger partial charge in [0.25, 0.3) is 0 Å². The lowest BCUT2D eigenvalue weighted by Crippen LogP contribution is -2.36. The van der Waals surface area contributed by atoms with Gasteiger partial charge in [0.15, 0.2) is 11.5 Å². The summed E-state index contributed by atoms with van der Waals surface area (Å²) in [5.41, 5.74) is 3.21. The van der Waals surface area contributed by atoms with Crippen LogP contribution in [0.25, 0.3) is 0 Å². The number of hydrogen-bond acceptors (Lipinski definition) is 5. The second-order valence-electron chi connectivity index (χ2n) is 7.35. The lowest BCUT2D eigenvalue weighted by atomic mass is 9.98. The fraction of sp³-hybridized carbons (Fsp3) is 0.435. The van der Waals surface area contributed by atoms with Crippen LogP contribution in [0.4, 0.5) is 0 Å². The summed E-state index contributed by atoms with van der Waals surface area (Å²) in [5, 5.41) is 0. The van der Waals surface area contributed by atoms with Gasteiger partial charge >= 0.3 is 0 Å². The largest absolute Gasteiger partial charge is 0.490 e. The number of benzene rings is 2. The Balaban J connectivity index is 1.63. The summed E-state index contributed by atoms with van der Waals surface area (Å²) in [4.78, 5) is 14.9. The van der Waals surface area contributed by atoms with Crippen molar-refractivity contribution < 1.29 is 22.7 Å². The molecule has 2 aromatic rings. The molecule has 1 N–H and O–H groups in total. The molecule has 7 nitrogen and oxygen atoms in total. The van der Waals surface area contributed by atoms with E-state index in [1.165, 1.54) is 12.6 Å². The Hall–Kier alpha value is -2.58. The third kappa shape index (κ3) is 5.57. The number of hydrogen-bond donors (Lipinski definition) is 1. The molecular formula is C23H30N2O5S. The number of ether oxygens (including phenoxy) is 2. The van der Waals surface area contributed by atoms with E-state index in [4.69, 9.17) is 9.47 Å². The number of aryl methyl sites for hydroxylation is 1. The zero-order chi connectivity index (χ0) is 22.4. The number of rotatable bonds is 9. The first kappa shape index (κ1) is 23.1. The minimum absolute atomic E-state index is 0.0874. The predicted molar refractivity (Wildman–Crippen MR) is 119 cm³/mol. The van der Waals surface area contributed by atoms with Crippen LogP contribution in [0.3, 0.4) is 0 Å². The van der Waals surface area contributed by atoms with Crippen LogP contribution in [0.15, 0.2) is 41.3 Å². The van der Waals surface area contributed by atoms with E-state index >= 15 is 0 Å². The third-order valence-corrected chi connectivity index (χ3v) is 6.79. The van der Waals surface area contributed by atoms with Crippen LogP contribution in [0.5, 0.6) is 11.5 Å². The van der Waals surface area contributed by atoms with Gasteiger partial charge in [-0.3, -0.25) is 4.79 Å². The van der Waals surface area contributed by atoms with Crippen molar-refractivity contribution in [3.63, 3.8) is 0 Å². The molecule has 1 amide bonds. The van der Waals surface area contributed by atoms with Gasteiger partial charge in [0.2, 0.25) is 15.9 Å². The maximum Gasteiger partial charge on any atom is 0.240 e. The summed E-state index contributed by atoms with van der Waals surface area (Å²) in [5.74, 6) is 1.56. The Bertz CT molecular complexity index is 1020. The van der Waals surface area contributed by atoms with Gasteiger partial charge in [-0.1, -0.05) is 12.1 Å². The van der Waals surface area contributed by atoms with Gasteiger partial charge in [0.1, 0.15) is 0 Å². The normalized spacial score (nSPS) is 13.6. The smallest absolute Gasteiger partial charge is 0.240 e. The summed E-state index contributed by atoms with van der Waals surface area (Å²) in [7, 11) is -2.07. The van der Waals surface area contributed by atoms with Crippen molar-refractivity contribution in [2.24, 2.45) is 0 Å². The van der Waals surface area contributed by atoms with Crippen LogP contribution < -0.4 is 14.2 Å². The first-order valence-corrected chi connectivity index (χ1v) is 12.1. The molecule has 0 radical (unpaired) electrons. The van der Waals surface area contributed by atoms with Crippen LogP contribution in [0.2, 0.25) is 0 Å². The van der Waals surface area contributed by atoms with Crippen molar-refractivity contribution in [3.8, 4) is 11.5 Å².